The number of rotatable bonds is 11. The van der Waals surface area contributed by atoms with Crippen molar-refractivity contribution in [2.24, 2.45) is 0 Å². The van der Waals surface area contributed by atoms with Crippen LogP contribution in [0, 0.1) is 6.85 Å². The lowest BCUT2D eigenvalue weighted by Gasteiger charge is -2.43. The van der Waals surface area contributed by atoms with Gasteiger partial charge < -0.3 is 19.9 Å². The first-order chi connectivity index (χ1) is 38.9. The maximum Gasteiger partial charge on any atom is 0.130 e. The molecule has 0 amide bonds. The van der Waals surface area contributed by atoms with Gasteiger partial charge in [-0.1, -0.05) is 206 Å². The fraction of sp³-hybridized carbons (Fsp3) is 0.192. The van der Waals surface area contributed by atoms with E-state index in [2.05, 4.69) is 258 Å². The van der Waals surface area contributed by atoms with Crippen LogP contribution in [0.4, 0.5) is 34.3 Å². The third kappa shape index (κ3) is 9.64. The summed E-state index contributed by atoms with van der Waals surface area (Å²) in [6, 6.07) is 76.5. The topological polar surface area (TPSA) is 40.6 Å². The monoisotopic (exact) mass is 1020 g/mol. The smallest absolute Gasteiger partial charge is 0.130 e. The lowest BCUT2D eigenvalue weighted by molar-refractivity contribution is 0.333. The number of nitrogens with zero attached hydrogens (tertiary/aromatic N) is 3. The first-order valence-electron chi connectivity index (χ1n) is 28.8. The Kier molecular flexibility index (Phi) is 12.0. The molecule has 78 heavy (non-hydrogen) atoms. The number of aryl methyl sites for hydroxylation is 1. The summed E-state index contributed by atoms with van der Waals surface area (Å²) in [5, 5.41) is 3.57. The van der Waals surface area contributed by atoms with Crippen LogP contribution in [-0.4, -0.2) is 11.7 Å². The number of hydrogen-bond donors (Lipinski definition) is 1. The van der Waals surface area contributed by atoms with Gasteiger partial charge in [0.1, 0.15) is 24.0 Å². The average Bonchev–Trinajstić information content (AvgIpc) is 4.14. The second-order valence-corrected chi connectivity index (χ2v) is 23.4. The van der Waals surface area contributed by atoms with Crippen LogP contribution in [-0.2, 0) is 16.2 Å². The van der Waals surface area contributed by atoms with Crippen LogP contribution in [0.2, 0.25) is 0 Å². The molecule has 1 aromatic heterocycles. The van der Waals surface area contributed by atoms with Crippen LogP contribution in [0.3, 0.4) is 0 Å². The van der Waals surface area contributed by atoms with Crippen molar-refractivity contribution in [2.45, 2.75) is 84.4 Å². The van der Waals surface area contributed by atoms with Gasteiger partial charge in [0.2, 0.25) is 0 Å². The van der Waals surface area contributed by atoms with Gasteiger partial charge in [0.15, 0.2) is 0 Å². The Bertz CT molecular complexity index is 3940. The molecule has 0 spiro atoms. The second kappa shape index (κ2) is 20.0. The summed E-state index contributed by atoms with van der Waals surface area (Å²) in [5.41, 5.74) is 19.4. The Morgan fingerprint density at radius 3 is 1.78 bits per heavy atom. The Labute approximate surface area is 466 Å². The van der Waals surface area contributed by atoms with Crippen LogP contribution >= 0.6 is 0 Å². The highest BCUT2D eigenvalue weighted by molar-refractivity contribution is 5.99. The highest BCUT2D eigenvalue weighted by atomic mass is 16.5. The minimum absolute atomic E-state index is 0.0208. The predicted octanol–water partition coefficient (Wildman–Crippen LogP) is 20.2. The van der Waals surface area contributed by atoms with E-state index < -0.39 is 6.85 Å². The van der Waals surface area contributed by atoms with Crippen molar-refractivity contribution in [3.63, 3.8) is 0 Å². The SMILES string of the molecule is [2H]C([2H])([2H])c1cc(Nc2ccc(C(C)(C)C)cc2-c2ccc(Oc3cccc(N4CN(c5c(-c6ccccc6)cccc5-c5ccc(-c6ccccc6)cc5)c5ccccc54)c3)cc2)ncc1-c1cccc2c1C(C)(C)CCC2(C)C. The van der Waals surface area contributed by atoms with Crippen molar-refractivity contribution >= 4 is 34.3 Å². The number of fused-ring (bicyclic) bond motifs is 2. The van der Waals surface area contributed by atoms with Crippen LogP contribution in [0.15, 0.2) is 225 Å². The summed E-state index contributed by atoms with van der Waals surface area (Å²) in [7, 11) is 0. The molecule has 386 valence electrons. The van der Waals surface area contributed by atoms with E-state index in [-0.39, 0.29) is 21.8 Å². The first kappa shape index (κ1) is 46.6. The molecule has 0 saturated heterocycles. The van der Waals surface area contributed by atoms with Gasteiger partial charge >= 0.3 is 0 Å². The minimum Gasteiger partial charge on any atom is -0.457 e. The molecule has 0 saturated carbocycles. The number of nitrogens with one attached hydrogen (secondary N) is 1. The van der Waals surface area contributed by atoms with Gasteiger partial charge in [0.25, 0.3) is 0 Å². The molecular formula is C73H68N4O. The van der Waals surface area contributed by atoms with E-state index in [4.69, 9.17) is 13.8 Å². The summed E-state index contributed by atoms with van der Waals surface area (Å²) in [5.74, 6) is 1.90. The van der Waals surface area contributed by atoms with Crippen LogP contribution < -0.4 is 19.9 Å². The molecule has 10 aromatic rings. The quantitative estimate of drug-likeness (QED) is 0.140. The number of ether oxygens (including phenoxy) is 1. The molecule has 2 aliphatic rings. The van der Waals surface area contributed by atoms with E-state index in [1.807, 2.05) is 18.2 Å². The van der Waals surface area contributed by atoms with Crippen molar-refractivity contribution in [2.75, 3.05) is 21.8 Å². The van der Waals surface area contributed by atoms with Gasteiger partial charge in [0.05, 0.1) is 17.1 Å². The van der Waals surface area contributed by atoms with E-state index >= 15 is 0 Å². The van der Waals surface area contributed by atoms with Crippen molar-refractivity contribution in [3.8, 4) is 67.1 Å². The summed E-state index contributed by atoms with van der Waals surface area (Å²) in [6.45, 7) is 14.0. The van der Waals surface area contributed by atoms with E-state index in [1.54, 1.807) is 12.3 Å². The molecule has 0 fully saturated rings. The Morgan fingerprint density at radius 1 is 0.500 bits per heavy atom. The van der Waals surface area contributed by atoms with Gasteiger partial charge in [0, 0.05) is 50.0 Å². The number of para-hydroxylation sites is 3. The zero-order valence-corrected chi connectivity index (χ0v) is 45.7. The highest BCUT2D eigenvalue weighted by Crippen LogP contribution is 2.52. The first-order valence-corrected chi connectivity index (χ1v) is 27.3. The van der Waals surface area contributed by atoms with Crippen molar-refractivity contribution in [3.05, 3.63) is 247 Å². The Morgan fingerprint density at radius 2 is 1.08 bits per heavy atom. The highest BCUT2D eigenvalue weighted by Gasteiger charge is 2.39. The van der Waals surface area contributed by atoms with Crippen molar-refractivity contribution in [1.29, 1.82) is 0 Å². The second-order valence-electron chi connectivity index (χ2n) is 23.4. The fourth-order valence-electron chi connectivity index (χ4n) is 11.8. The number of hydrogen-bond acceptors (Lipinski definition) is 5. The maximum absolute atomic E-state index is 8.81. The molecule has 2 heterocycles. The summed E-state index contributed by atoms with van der Waals surface area (Å²) in [6.07, 6.45) is 3.84. The van der Waals surface area contributed by atoms with Crippen molar-refractivity contribution in [1.82, 2.24) is 4.98 Å². The molecule has 1 aliphatic heterocycles. The molecule has 9 aromatic carbocycles. The van der Waals surface area contributed by atoms with Crippen LogP contribution in [0.1, 0.15) is 87.7 Å². The molecule has 0 radical (unpaired) electrons. The molecule has 1 N–H and O–H groups in total. The molecule has 12 rings (SSSR count). The fourth-order valence-corrected chi connectivity index (χ4v) is 11.8. The predicted molar refractivity (Wildman–Crippen MR) is 328 cm³/mol. The van der Waals surface area contributed by atoms with E-state index in [1.165, 1.54) is 27.8 Å². The third-order valence-corrected chi connectivity index (χ3v) is 16.2. The summed E-state index contributed by atoms with van der Waals surface area (Å²) >= 11 is 0. The summed E-state index contributed by atoms with van der Waals surface area (Å²) in [4.78, 5) is 9.77. The largest absolute Gasteiger partial charge is 0.457 e. The van der Waals surface area contributed by atoms with Gasteiger partial charge in [-0.25, -0.2) is 4.98 Å². The Hall–Kier alpha value is -8.67. The molecule has 0 bridgehead atoms. The van der Waals surface area contributed by atoms with E-state index in [0.29, 0.717) is 23.8 Å². The molecule has 1 aliphatic carbocycles. The average molecular weight is 1020 g/mol. The zero-order chi connectivity index (χ0) is 56.3. The van der Waals surface area contributed by atoms with E-state index in [9.17, 15) is 0 Å². The lowest BCUT2D eigenvalue weighted by Crippen LogP contribution is -2.34. The number of benzene rings is 9. The number of anilines is 6. The molecule has 5 heteroatoms. The number of aromatic nitrogens is 1. The normalized spacial score (nSPS) is 15.1. The van der Waals surface area contributed by atoms with Gasteiger partial charge in [-0.2, -0.15) is 0 Å². The number of pyridine rings is 1. The molecule has 5 nitrogen and oxygen atoms in total. The molecular weight excluding hydrogens is 949 g/mol. The maximum atomic E-state index is 8.81. The zero-order valence-electron chi connectivity index (χ0n) is 48.7. The minimum atomic E-state index is -2.38. The lowest BCUT2D eigenvalue weighted by atomic mass is 9.61. The van der Waals surface area contributed by atoms with Crippen molar-refractivity contribution < 1.29 is 8.85 Å². The van der Waals surface area contributed by atoms with Crippen LogP contribution in [0.25, 0.3) is 55.6 Å². The standard InChI is InChI=1S/C73H68N4O/c1-49-44-68(74-47-63(49)61-28-19-29-64-69(61)73(7,8)43-42-72(64,5)6)75-65-41-38-55(71(2,3)4)45-62(65)54-36-39-57(40-37-54)78-58-25-17-24-56(46-58)76-48-77(67-31-16-15-30-66(67)76)70-59(52-22-13-10-14-23-52)26-18-27-60(70)53-34-32-51(33-35-53)50-20-11-9-12-21-50/h9-41,44-47H,42-43,48H2,1-8H3,(H,74,75)/i1D3. The van der Waals surface area contributed by atoms with Gasteiger partial charge in [-0.05, 0) is 146 Å². The molecule has 0 atom stereocenters. The third-order valence-electron chi connectivity index (χ3n) is 16.2. The van der Waals surface area contributed by atoms with Crippen LogP contribution in [0.5, 0.6) is 11.5 Å². The molecule has 0 unspecified atom stereocenters. The summed E-state index contributed by atoms with van der Waals surface area (Å²) < 4.78 is 33.1. The van der Waals surface area contributed by atoms with Gasteiger partial charge in [-0.15, -0.1) is 0 Å². The van der Waals surface area contributed by atoms with E-state index in [0.717, 1.165) is 86.0 Å². The van der Waals surface area contributed by atoms with Gasteiger partial charge in [-0.3, -0.25) is 0 Å². The Balaban J connectivity index is 0.837.